The van der Waals surface area contributed by atoms with Crippen LogP contribution in [0.3, 0.4) is 0 Å². The van der Waals surface area contributed by atoms with Gasteiger partial charge in [-0.1, -0.05) is 47.1 Å². The van der Waals surface area contributed by atoms with E-state index < -0.39 is 5.82 Å². The van der Waals surface area contributed by atoms with Crippen molar-refractivity contribution in [3.8, 4) is 0 Å². The Morgan fingerprint density at radius 1 is 1.44 bits per heavy atom. The van der Waals surface area contributed by atoms with E-state index >= 15 is 0 Å². The molecule has 0 aliphatic heterocycles. The quantitative estimate of drug-likeness (QED) is 0.761. The average molecular weight is 279 g/mol. The molecule has 0 amide bonds. The first-order valence-corrected chi connectivity index (χ1v) is 6.19. The van der Waals surface area contributed by atoms with Gasteiger partial charge in [-0.25, -0.2) is 4.39 Å². The second-order valence-electron chi connectivity index (χ2n) is 3.00. The molecule has 1 aromatic carbocycles. The maximum absolute atomic E-state index is 13.1. The van der Waals surface area contributed by atoms with Gasteiger partial charge in [0, 0.05) is 12.7 Å². The summed E-state index contributed by atoms with van der Waals surface area (Å²) in [6, 6.07) is 2.97. The number of hydrogen-bond donors (Lipinski definition) is 0. The molecular weight excluding hydrogens is 270 g/mol. The summed E-state index contributed by atoms with van der Waals surface area (Å²) in [5.74, 6) is -0.0410. The zero-order valence-corrected chi connectivity index (χ0v) is 10.8. The third kappa shape index (κ3) is 4.16. The monoisotopic (exact) mass is 278 g/mol. The highest BCUT2D eigenvalue weighted by Gasteiger charge is 2.05. The molecule has 0 saturated carbocycles. The van der Waals surface area contributed by atoms with Crippen LogP contribution < -0.4 is 0 Å². The summed E-state index contributed by atoms with van der Waals surface area (Å²) in [5.41, 5.74) is 0.709. The van der Waals surface area contributed by atoms with Crippen molar-refractivity contribution in [2.45, 2.75) is 6.92 Å². The Morgan fingerprint density at radius 3 is 2.50 bits per heavy atom. The Labute approximate surface area is 108 Å². The first kappa shape index (κ1) is 13.6. The molecule has 0 N–H and O–H groups in total. The van der Waals surface area contributed by atoms with Crippen molar-refractivity contribution in [3.63, 3.8) is 0 Å². The minimum atomic E-state index is -0.612. The zero-order chi connectivity index (χ0) is 12.1. The van der Waals surface area contributed by atoms with E-state index in [2.05, 4.69) is 0 Å². The van der Waals surface area contributed by atoms with Gasteiger partial charge >= 0.3 is 0 Å². The molecule has 0 bridgehead atoms. The highest BCUT2D eigenvalue weighted by Crippen LogP contribution is 2.25. The second kappa shape index (κ2) is 6.28. The lowest BCUT2D eigenvalue weighted by molar-refractivity contribution is -0.109. The minimum Gasteiger partial charge on any atom is -0.288 e. The van der Waals surface area contributed by atoms with Gasteiger partial charge in [0.2, 0.25) is 0 Å². The second-order valence-corrected chi connectivity index (χ2v) is 5.01. The van der Waals surface area contributed by atoms with Gasteiger partial charge in [0.25, 0.3) is 0 Å². The number of rotatable bonds is 3. The summed E-state index contributed by atoms with van der Waals surface area (Å²) in [4.78, 5) is 10.6. The largest absolute Gasteiger partial charge is 0.288 e. The first-order chi connectivity index (χ1) is 7.50. The summed E-state index contributed by atoms with van der Waals surface area (Å²) in [7, 11) is 0. The fraction of sp³-hybridized carbons (Fsp3) is 0.182. The van der Waals surface area contributed by atoms with Gasteiger partial charge in [0.05, 0.1) is 10.0 Å². The lowest BCUT2D eigenvalue weighted by Gasteiger charge is -1.99. The lowest BCUT2D eigenvalue weighted by atomic mass is 10.2. The topological polar surface area (TPSA) is 17.1 Å². The molecule has 0 atom stereocenters. The van der Waals surface area contributed by atoms with Gasteiger partial charge in [0.1, 0.15) is 0 Å². The van der Waals surface area contributed by atoms with Crippen LogP contribution in [0.5, 0.6) is 0 Å². The summed E-state index contributed by atoms with van der Waals surface area (Å²) >= 11 is 12.5. The standard InChI is InChI=1S/C11H9Cl2FOS/c1-7(15)16-4-2-3-8-5-9(12)11(14)10(13)6-8/h2-3,5-6H,4H2,1H3. The van der Waals surface area contributed by atoms with Crippen LogP contribution in [-0.4, -0.2) is 10.9 Å². The highest BCUT2D eigenvalue weighted by atomic mass is 35.5. The summed E-state index contributed by atoms with van der Waals surface area (Å²) in [6.07, 6.45) is 3.54. The van der Waals surface area contributed by atoms with Crippen LogP contribution in [0.2, 0.25) is 10.0 Å². The van der Waals surface area contributed by atoms with Crippen LogP contribution >= 0.6 is 35.0 Å². The molecule has 16 heavy (non-hydrogen) atoms. The van der Waals surface area contributed by atoms with Crippen LogP contribution in [0, 0.1) is 5.82 Å². The SMILES string of the molecule is CC(=O)SCC=Cc1cc(Cl)c(F)c(Cl)c1. The van der Waals surface area contributed by atoms with E-state index in [4.69, 9.17) is 23.2 Å². The molecule has 1 rings (SSSR count). The van der Waals surface area contributed by atoms with Gasteiger partial charge in [-0.15, -0.1) is 0 Å². The smallest absolute Gasteiger partial charge is 0.186 e. The van der Waals surface area contributed by atoms with Crippen LogP contribution in [0.1, 0.15) is 12.5 Å². The highest BCUT2D eigenvalue weighted by molar-refractivity contribution is 8.13. The Morgan fingerprint density at radius 2 is 2.00 bits per heavy atom. The van der Waals surface area contributed by atoms with Crippen molar-refractivity contribution in [3.05, 3.63) is 39.6 Å². The van der Waals surface area contributed by atoms with Crippen molar-refractivity contribution in [1.29, 1.82) is 0 Å². The number of benzene rings is 1. The maximum atomic E-state index is 13.1. The predicted molar refractivity (Wildman–Crippen MR) is 68.6 cm³/mol. The van der Waals surface area contributed by atoms with E-state index in [0.29, 0.717) is 11.3 Å². The molecule has 0 heterocycles. The molecule has 0 aliphatic rings. The third-order valence-corrected chi connectivity index (χ3v) is 3.01. The molecule has 0 fully saturated rings. The third-order valence-electron chi connectivity index (χ3n) is 1.70. The van der Waals surface area contributed by atoms with Crippen molar-refractivity contribution in [1.82, 2.24) is 0 Å². The van der Waals surface area contributed by atoms with Gasteiger partial charge < -0.3 is 0 Å². The molecule has 0 aromatic heterocycles. The van der Waals surface area contributed by atoms with E-state index in [1.807, 2.05) is 0 Å². The maximum Gasteiger partial charge on any atom is 0.186 e. The minimum absolute atomic E-state index is 0.00799. The van der Waals surface area contributed by atoms with Gasteiger partial charge in [-0.2, -0.15) is 0 Å². The van der Waals surface area contributed by atoms with Crippen LogP contribution in [0.4, 0.5) is 4.39 Å². The fourth-order valence-electron chi connectivity index (χ4n) is 1.02. The van der Waals surface area contributed by atoms with E-state index in [0.717, 1.165) is 0 Å². The van der Waals surface area contributed by atoms with E-state index in [1.165, 1.54) is 30.8 Å². The molecule has 0 radical (unpaired) electrons. The molecule has 86 valence electrons. The molecule has 1 nitrogen and oxygen atoms in total. The average Bonchev–Trinajstić information content (AvgIpc) is 2.20. The number of halogens is 3. The normalized spacial score (nSPS) is 11.0. The van der Waals surface area contributed by atoms with Gasteiger partial charge in [0.15, 0.2) is 10.9 Å². The van der Waals surface area contributed by atoms with Gasteiger partial charge in [-0.05, 0) is 17.7 Å². The summed E-state index contributed by atoms with van der Waals surface area (Å²) in [6.45, 7) is 1.50. The van der Waals surface area contributed by atoms with Crippen molar-refractivity contribution in [2.24, 2.45) is 0 Å². The van der Waals surface area contributed by atoms with Crippen LogP contribution in [0.25, 0.3) is 6.08 Å². The molecular formula is C11H9Cl2FOS. The Balaban J connectivity index is 2.71. The van der Waals surface area contributed by atoms with E-state index in [-0.39, 0.29) is 15.2 Å². The lowest BCUT2D eigenvalue weighted by Crippen LogP contribution is -1.83. The summed E-state index contributed by atoms with van der Waals surface area (Å²) < 4.78 is 13.1. The predicted octanol–water partition coefficient (Wildman–Crippen LogP) is 4.43. The van der Waals surface area contributed by atoms with Crippen LogP contribution in [-0.2, 0) is 4.79 Å². The van der Waals surface area contributed by atoms with Crippen molar-refractivity contribution >= 4 is 46.2 Å². The van der Waals surface area contributed by atoms with Crippen molar-refractivity contribution in [2.75, 3.05) is 5.75 Å². The Bertz CT molecular complexity index is 409. The van der Waals surface area contributed by atoms with Gasteiger partial charge in [-0.3, -0.25) is 4.79 Å². The molecule has 1 aromatic rings. The van der Waals surface area contributed by atoms with E-state index in [1.54, 1.807) is 12.2 Å². The number of carbonyl (C=O) groups excluding carboxylic acids is 1. The van der Waals surface area contributed by atoms with Crippen LogP contribution in [0.15, 0.2) is 18.2 Å². The molecule has 5 heteroatoms. The zero-order valence-electron chi connectivity index (χ0n) is 8.47. The number of carbonyl (C=O) groups is 1. The fourth-order valence-corrected chi connectivity index (χ4v) is 1.95. The number of hydrogen-bond acceptors (Lipinski definition) is 2. The first-order valence-electron chi connectivity index (χ1n) is 4.45. The Kier molecular flexibility index (Phi) is 5.32. The molecule has 0 saturated heterocycles. The number of thioether (sulfide) groups is 1. The Hall–Kier alpha value is -0.510. The molecule has 0 aliphatic carbocycles. The van der Waals surface area contributed by atoms with Crippen molar-refractivity contribution < 1.29 is 9.18 Å². The van der Waals surface area contributed by atoms with E-state index in [9.17, 15) is 9.18 Å². The molecule has 0 spiro atoms. The molecule has 0 unspecified atom stereocenters. The summed E-state index contributed by atoms with van der Waals surface area (Å²) in [5, 5.41) is 0.0394.